The number of aromatic nitrogens is 1. The molecule has 3 rings (SSSR count). The van der Waals surface area contributed by atoms with Gasteiger partial charge >= 0.3 is 5.97 Å². The molecule has 0 saturated carbocycles. The SMILES string of the molecule is [C-]#[N+]c1c(-c2ccc(Oc3ccc(F)cc3F)cc2)c(C(=O)O)n(C)c1CC. The highest BCUT2D eigenvalue weighted by Crippen LogP contribution is 2.40. The van der Waals surface area contributed by atoms with Crippen LogP contribution in [0.1, 0.15) is 23.1 Å². The Balaban J connectivity index is 2.02. The summed E-state index contributed by atoms with van der Waals surface area (Å²) < 4.78 is 33.7. The lowest BCUT2D eigenvalue weighted by molar-refractivity contribution is 0.0687. The van der Waals surface area contributed by atoms with Gasteiger partial charge in [0.25, 0.3) is 0 Å². The molecule has 0 aliphatic rings. The summed E-state index contributed by atoms with van der Waals surface area (Å²) in [7, 11) is 1.62. The van der Waals surface area contributed by atoms with Gasteiger partial charge in [-0.15, -0.1) is 0 Å². The second-order valence-electron chi connectivity index (χ2n) is 6.05. The van der Waals surface area contributed by atoms with E-state index in [4.69, 9.17) is 11.3 Å². The summed E-state index contributed by atoms with van der Waals surface area (Å²) in [6.07, 6.45) is 0.513. The van der Waals surface area contributed by atoms with E-state index in [9.17, 15) is 18.7 Å². The molecule has 142 valence electrons. The van der Waals surface area contributed by atoms with E-state index in [0.717, 1.165) is 12.1 Å². The van der Waals surface area contributed by atoms with Crippen molar-refractivity contribution in [3.63, 3.8) is 0 Å². The van der Waals surface area contributed by atoms with Crippen LogP contribution in [-0.2, 0) is 13.5 Å². The van der Waals surface area contributed by atoms with Crippen LogP contribution in [-0.4, -0.2) is 15.6 Å². The zero-order valence-corrected chi connectivity index (χ0v) is 15.2. The third-order valence-corrected chi connectivity index (χ3v) is 4.40. The summed E-state index contributed by atoms with van der Waals surface area (Å²) in [5.41, 5.74) is 1.82. The molecule has 0 aliphatic carbocycles. The summed E-state index contributed by atoms with van der Waals surface area (Å²) in [6, 6.07) is 9.28. The van der Waals surface area contributed by atoms with Crippen LogP contribution >= 0.6 is 0 Å². The lowest BCUT2D eigenvalue weighted by Gasteiger charge is -2.09. The Hall–Kier alpha value is -3.66. The maximum absolute atomic E-state index is 13.7. The zero-order chi connectivity index (χ0) is 20.4. The first-order valence-corrected chi connectivity index (χ1v) is 8.43. The van der Waals surface area contributed by atoms with Crippen molar-refractivity contribution in [2.75, 3.05) is 0 Å². The highest BCUT2D eigenvalue weighted by molar-refractivity contribution is 6.00. The zero-order valence-electron chi connectivity index (χ0n) is 15.2. The quantitative estimate of drug-likeness (QED) is 0.587. The molecule has 28 heavy (non-hydrogen) atoms. The molecule has 3 aromatic rings. The molecule has 5 nitrogen and oxygen atoms in total. The summed E-state index contributed by atoms with van der Waals surface area (Å²) >= 11 is 0. The Morgan fingerprint density at radius 2 is 1.89 bits per heavy atom. The molecule has 1 N–H and O–H groups in total. The van der Waals surface area contributed by atoms with E-state index in [0.29, 0.717) is 34.7 Å². The Morgan fingerprint density at radius 3 is 2.43 bits per heavy atom. The summed E-state index contributed by atoms with van der Waals surface area (Å²) in [5, 5.41) is 9.62. The second-order valence-corrected chi connectivity index (χ2v) is 6.05. The number of hydrogen-bond donors (Lipinski definition) is 1. The number of hydrogen-bond acceptors (Lipinski definition) is 2. The second kappa shape index (κ2) is 7.53. The molecule has 7 heteroatoms. The average Bonchev–Trinajstić information content (AvgIpc) is 2.96. The fraction of sp³-hybridized carbons (Fsp3) is 0.143. The van der Waals surface area contributed by atoms with Crippen LogP contribution in [0, 0.1) is 18.2 Å². The largest absolute Gasteiger partial charge is 0.477 e. The highest BCUT2D eigenvalue weighted by Gasteiger charge is 2.25. The lowest BCUT2D eigenvalue weighted by Crippen LogP contribution is -2.07. The van der Waals surface area contributed by atoms with Gasteiger partial charge in [0, 0.05) is 24.4 Å². The van der Waals surface area contributed by atoms with E-state index in [-0.39, 0.29) is 11.4 Å². The van der Waals surface area contributed by atoms with E-state index in [1.54, 1.807) is 19.2 Å². The van der Waals surface area contributed by atoms with Gasteiger partial charge in [0.1, 0.15) is 17.3 Å². The van der Waals surface area contributed by atoms with Gasteiger partial charge in [0.15, 0.2) is 11.6 Å². The highest BCUT2D eigenvalue weighted by atomic mass is 19.1. The van der Waals surface area contributed by atoms with Crippen molar-refractivity contribution in [2.45, 2.75) is 13.3 Å². The number of nitrogens with zero attached hydrogens (tertiary/aromatic N) is 2. The lowest BCUT2D eigenvalue weighted by atomic mass is 10.0. The van der Waals surface area contributed by atoms with Crippen LogP contribution in [0.25, 0.3) is 16.0 Å². The van der Waals surface area contributed by atoms with Gasteiger partial charge in [0.2, 0.25) is 5.69 Å². The molecule has 0 spiro atoms. The maximum atomic E-state index is 13.7. The normalized spacial score (nSPS) is 10.5. The van der Waals surface area contributed by atoms with Crippen molar-refractivity contribution in [1.82, 2.24) is 4.57 Å². The number of benzene rings is 2. The van der Waals surface area contributed by atoms with Gasteiger partial charge in [-0.2, -0.15) is 0 Å². The van der Waals surface area contributed by atoms with E-state index in [1.807, 2.05) is 6.92 Å². The minimum Gasteiger partial charge on any atom is -0.477 e. The molecule has 1 heterocycles. The standard InChI is InChI=1S/C21H16F2N2O3/c1-4-16-19(24-2)18(20(21(26)27)25(16)3)12-5-8-14(9-6-12)28-17-10-7-13(22)11-15(17)23/h5-11H,4H2,1,3H3,(H,26,27). The van der Waals surface area contributed by atoms with Gasteiger partial charge in [-0.25, -0.2) is 18.4 Å². The smallest absolute Gasteiger partial charge is 0.351 e. The number of rotatable bonds is 5. The van der Waals surface area contributed by atoms with Crippen LogP contribution in [0.3, 0.4) is 0 Å². The Morgan fingerprint density at radius 1 is 1.21 bits per heavy atom. The van der Waals surface area contributed by atoms with Crippen molar-refractivity contribution in [1.29, 1.82) is 0 Å². The number of carboxylic acids is 1. The van der Waals surface area contributed by atoms with E-state index < -0.39 is 17.6 Å². The molecule has 0 fully saturated rings. The van der Waals surface area contributed by atoms with Crippen LogP contribution in [0.4, 0.5) is 14.5 Å². The predicted molar refractivity (Wildman–Crippen MR) is 99.9 cm³/mol. The Bertz CT molecular complexity index is 1100. The number of carbonyl (C=O) groups is 1. The number of carboxylic acid groups (broad SMARTS) is 1. The van der Waals surface area contributed by atoms with Crippen molar-refractivity contribution < 1.29 is 23.4 Å². The molecule has 0 atom stereocenters. The summed E-state index contributed by atoms with van der Waals surface area (Å²) in [5.74, 6) is -2.50. The molecule has 0 amide bonds. The minimum atomic E-state index is -1.13. The third kappa shape index (κ3) is 3.32. The number of halogens is 2. The van der Waals surface area contributed by atoms with E-state index in [1.165, 1.54) is 22.8 Å². The van der Waals surface area contributed by atoms with Crippen molar-refractivity contribution >= 4 is 11.7 Å². The molecule has 0 saturated heterocycles. The van der Waals surface area contributed by atoms with Gasteiger partial charge in [-0.1, -0.05) is 19.1 Å². The summed E-state index contributed by atoms with van der Waals surface area (Å²) in [4.78, 5) is 15.3. The van der Waals surface area contributed by atoms with E-state index in [2.05, 4.69) is 4.85 Å². The molecule has 0 unspecified atom stereocenters. The Kier molecular flexibility index (Phi) is 5.14. The van der Waals surface area contributed by atoms with Crippen LogP contribution in [0.5, 0.6) is 11.5 Å². The number of ether oxygens (including phenoxy) is 1. The van der Waals surface area contributed by atoms with Crippen LogP contribution < -0.4 is 4.74 Å². The third-order valence-electron chi connectivity index (χ3n) is 4.40. The average molecular weight is 382 g/mol. The van der Waals surface area contributed by atoms with Gasteiger partial charge in [-0.3, -0.25) is 0 Å². The fourth-order valence-corrected chi connectivity index (χ4v) is 3.14. The molecule has 0 bridgehead atoms. The van der Waals surface area contributed by atoms with Gasteiger partial charge in [0.05, 0.1) is 6.57 Å². The topological polar surface area (TPSA) is 55.8 Å². The Labute approximate surface area is 160 Å². The first-order valence-electron chi connectivity index (χ1n) is 8.43. The van der Waals surface area contributed by atoms with Gasteiger partial charge < -0.3 is 14.4 Å². The van der Waals surface area contributed by atoms with Crippen molar-refractivity contribution in [3.05, 3.63) is 76.9 Å². The molecular formula is C21H16F2N2O3. The molecule has 0 aliphatic heterocycles. The summed E-state index contributed by atoms with van der Waals surface area (Å²) in [6.45, 7) is 9.34. The fourth-order valence-electron chi connectivity index (χ4n) is 3.14. The molecule has 2 aromatic carbocycles. The molecular weight excluding hydrogens is 366 g/mol. The molecule has 1 aromatic heterocycles. The number of aromatic carboxylic acids is 1. The minimum absolute atomic E-state index is 0.0288. The first-order chi connectivity index (χ1) is 13.4. The molecule has 0 radical (unpaired) electrons. The van der Waals surface area contributed by atoms with Crippen LogP contribution in [0.2, 0.25) is 0 Å². The first kappa shape index (κ1) is 19.1. The monoisotopic (exact) mass is 382 g/mol. The van der Waals surface area contributed by atoms with E-state index >= 15 is 0 Å². The predicted octanol–water partition coefficient (Wildman–Crippen LogP) is 5.57. The van der Waals surface area contributed by atoms with Crippen molar-refractivity contribution in [2.24, 2.45) is 7.05 Å². The van der Waals surface area contributed by atoms with Crippen molar-refractivity contribution in [3.8, 4) is 22.6 Å². The van der Waals surface area contributed by atoms with Gasteiger partial charge in [-0.05, 0) is 36.2 Å². The van der Waals surface area contributed by atoms with Crippen LogP contribution in [0.15, 0.2) is 42.5 Å². The maximum Gasteiger partial charge on any atom is 0.351 e.